The average Bonchev–Trinajstić information content (AvgIpc) is 2.37. The van der Waals surface area contributed by atoms with Crippen molar-refractivity contribution in [2.45, 2.75) is 17.2 Å². The molecule has 0 saturated heterocycles. The normalized spacial score (nSPS) is 10.6. The van der Waals surface area contributed by atoms with Crippen LogP contribution in [0.5, 0.6) is 0 Å². The molecule has 0 fully saturated rings. The van der Waals surface area contributed by atoms with Gasteiger partial charge in [-0.25, -0.2) is 4.39 Å². The van der Waals surface area contributed by atoms with Gasteiger partial charge in [0, 0.05) is 22.2 Å². The monoisotopic (exact) mass is 281 g/mol. The van der Waals surface area contributed by atoms with E-state index in [2.05, 4.69) is 0 Å². The number of rotatable bonds is 4. The van der Waals surface area contributed by atoms with Gasteiger partial charge in [0.1, 0.15) is 5.82 Å². The molecule has 0 aliphatic heterocycles. The summed E-state index contributed by atoms with van der Waals surface area (Å²) in [6.45, 7) is 0.358. The fraction of sp³-hybridized carbons (Fsp3) is 0.143. The third-order valence-electron chi connectivity index (χ3n) is 2.47. The Morgan fingerprint density at radius 2 is 1.72 bits per heavy atom. The summed E-state index contributed by atoms with van der Waals surface area (Å²) in [7, 11) is 0. The minimum absolute atomic E-state index is 0.232. The van der Waals surface area contributed by atoms with E-state index >= 15 is 0 Å². The molecule has 0 aromatic heterocycles. The standard InChI is InChI=1S/C14H13ClFNS/c15-12-1-3-14(4-2-12)18-9-11-5-10(8-17)6-13(16)7-11/h1-7H,8-9,17H2. The quantitative estimate of drug-likeness (QED) is 0.849. The first-order valence-corrected chi connectivity index (χ1v) is 6.90. The van der Waals surface area contributed by atoms with Gasteiger partial charge in [0.15, 0.2) is 0 Å². The van der Waals surface area contributed by atoms with E-state index in [9.17, 15) is 4.39 Å². The van der Waals surface area contributed by atoms with E-state index < -0.39 is 0 Å². The van der Waals surface area contributed by atoms with Crippen molar-refractivity contribution in [1.29, 1.82) is 0 Å². The number of benzene rings is 2. The van der Waals surface area contributed by atoms with Crippen LogP contribution >= 0.6 is 23.4 Å². The molecule has 94 valence electrons. The molecule has 2 rings (SSSR count). The van der Waals surface area contributed by atoms with Gasteiger partial charge < -0.3 is 5.73 Å². The molecule has 2 aromatic carbocycles. The van der Waals surface area contributed by atoms with Crippen molar-refractivity contribution in [3.8, 4) is 0 Å². The fourth-order valence-electron chi connectivity index (χ4n) is 1.62. The first-order valence-electron chi connectivity index (χ1n) is 5.54. The molecule has 0 atom stereocenters. The zero-order valence-electron chi connectivity index (χ0n) is 9.70. The van der Waals surface area contributed by atoms with Crippen LogP contribution in [0.3, 0.4) is 0 Å². The summed E-state index contributed by atoms with van der Waals surface area (Å²) in [5.41, 5.74) is 7.28. The molecule has 2 N–H and O–H groups in total. The van der Waals surface area contributed by atoms with Crippen LogP contribution in [-0.2, 0) is 12.3 Å². The molecule has 0 aliphatic carbocycles. The van der Waals surface area contributed by atoms with E-state index in [0.29, 0.717) is 12.3 Å². The Labute approximate surface area is 115 Å². The lowest BCUT2D eigenvalue weighted by Crippen LogP contribution is -1.98. The molecule has 2 aromatic rings. The molecule has 1 nitrogen and oxygen atoms in total. The Bertz CT molecular complexity index is 528. The van der Waals surface area contributed by atoms with Gasteiger partial charge in [0.05, 0.1) is 0 Å². The van der Waals surface area contributed by atoms with Gasteiger partial charge in [-0.15, -0.1) is 11.8 Å². The topological polar surface area (TPSA) is 26.0 Å². The average molecular weight is 282 g/mol. The fourth-order valence-corrected chi connectivity index (χ4v) is 2.57. The Kier molecular flexibility index (Phi) is 4.64. The van der Waals surface area contributed by atoms with Crippen LogP contribution in [0.15, 0.2) is 47.4 Å². The molecule has 4 heteroatoms. The van der Waals surface area contributed by atoms with E-state index in [-0.39, 0.29) is 5.82 Å². The highest BCUT2D eigenvalue weighted by Gasteiger charge is 2.01. The van der Waals surface area contributed by atoms with Gasteiger partial charge in [-0.3, -0.25) is 0 Å². The molecule has 0 saturated carbocycles. The molecule has 0 unspecified atom stereocenters. The van der Waals surface area contributed by atoms with Gasteiger partial charge >= 0.3 is 0 Å². The second-order valence-electron chi connectivity index (χ2n) is 3.91. The van der Waals surface area contributed by atoms with E-state index in [1.165, 1.54) is 6.07 Å². The molecule has 0 radical (unpaired) electrons. The Morgan fingerprint density at radius 3 is 2.39 bits per heavy atom. The van der Waals surface area contributed by atoms with Crippen LogP contribution in [0.4, 0.5) is 4.39 Å². The summed E-state index contributed by atoms with van der Waals surface area (Å²) in [6, 6.07) is 12.6. The van der Waals surface area contributed by atoms with E-state index in [1.54, 1.807) is 17.8 Å². The largest absolute Gasteiger partial charge is 0.326 e. The highest BCUT2D eigenvalue weighted by Crippen LogP contribution is 2.25. The Hall–Kier alpha value is -1.03. The van der Waals surface area contributed by atoms with Gasteiger partial charge in [0.25, 0.3) is 0 Å². The highest BCUT2D eigenvalue weighted by molar-refractivity contribution is 7.98. The van der Waals surface area contributed by atoms with Crippen molar-refractivity contribution < 1.29 is 4.39 Å². The van der Waals surface area contributed by atoms with E-state index in [0.717, 1.165) is 21.0 Å². The smallest absolute Gasteiger partial charge is 0.123 e. The number of halogens is 2. The second-order valence-corrected chi connectivity index (χ2v) is 5.40. The van der Waals surface area contributed by atoms with Crippen molar-refractivity contribution in [2.24, 2.45) is 5.73 Å². The number of hydrogen-bond acceptors (Lipinski definition) is 2. The first kappa shape index (κ1) is 13.4. The molecule has 0 heterocycles. The van der Waals surface area contributed by atoms with Crippen molar-refractivity contribution >= 4 is 23.4 Å². The van der Waals surface area contributed by atoms with Gasteiger partial charge in [-0.1, -0.05) is 17.7 Å². The van der Waals surface area contributed by atoms with Gasteiger partial charge in [-0.05, 0) is 47.5 Å². The minimum Gasteiger partial charge on any atom is -0.326 e. The SMILES string of the molecule is NCc1cc(F)cc(CSc2ccc(Cl)cc2)c1. The molecule has 0 spiro atoms. The third kappa shape index (κ3) is 3.73. The number of nitrogens with two attached hydrogens (primary N) is 1. The second kappa shape index (κ2) is 6.23. The minimum atomic E-state index is -0.232. The zero-order valence-corrected chi connectivity index (χ0v) is 11.3. The van der Waals surface area contributed by atoms with Gasteiger partial charge in [0.2, 0.25) is 0 Å². The van der Waals surface area contributed by atoms with Crippen LogP contribution < -0.4 is 5.73 Å². The summed E-state index contributed by atoms with van der Waals surface area (Å²) in [5, 5.41) is 0.718. The van der Waals surface area contributed by atoms with Crippen molar-refractivity contribution in [3.05, 3.63) is 64.4 Å². The Morgan fingerprint density at radius 1 is 1.06 bits per heavy atom. The van der Waals surface area contributed by atoms with Crippen molar-refractivity contribution in [2.75, 3.05) is 0 Å². The van der Waals surface area contributed by atoms with Crippen LogP contribution in [0.2, 0.25) is 5.02 Å². The maximum absolute atomic E-state index is 13.3. The third-order valence-corrected chi connectivity index (χ3v) is 3.81. The maximum Gasteiger partial charge on any atom is 0.123 e. The van der Waals surface area contributed by atoms with Crippen LogP contribution in [-0.4, -0.2) is 0 Å². The molecule has 0 bridgehead atoms. The summed E-state index contributed by atoms with van der Waals surface area (Å²) < 4.78 is 13.3. The van der Waals surface area contributed by atoms with E-state index in [4.69, 9.17) is 17.3 Å². The lowest BCUT2D eigenvalue weighted by Gasteiger charge is -2.05. The summed E-state index contributed by atoms with van der Waals surface area (Å²) >= 11 is 7.46. The molecule has 0 aliphatic rings. The maximum atomic E-state index is 13.3. The number of thioether (sulfide) groups is 1. The van der Waals surface area contributed by atoms with Crippen LogP contribution in [0, 0.1) is 5.82 Å². The summed E-state index contributed by atoms with van der Waals surface area (Å²) in [6.07, 6.45) is 0. The Balaban J connectivity index is 2.05. The lowest BCUT2D eigenvalue weighted by molar-refractivity contribution is 0.624. The molecular weight excluding hydrogens is 269 g/mol. The molecule has 0 amide bonds. The summed E-state index contributed by atoms with van der Waals surface area (Å²) in [4.78, 5) is 1.11. The van der Waals surface area contributed by atoms with Gasteiger partial charge in [-0.2, -0.15) is 0 Å². The highest BCUT2D eigenvalue weighted by atomic mass is 35.5. The van der Waals surface area contributed by atoms with Crippen LogP contribution in [0.1, 0.15) is 11.1 Å². The molecular formula is C14H13ClFNS. The predicted molar refractivity (Wildman–Crippen MR) is 75.3 cm³/mol. The number of hydrogen-bond donors (Lipinski definition) is 1. The zero-order chi connectivity index (χ0) is 13.0. The van der Waals surface area contributed by atoms with Crippen molar-refractivity contribution in [3.63, 3.8) is 0 Å². The van der Waals surface area contributed by atoms with Crippen LogP contribution in [0.25, 0.3) is 0 Å². The van der Waals surface area contributed by atoms with Crippen molar-refractivity contribution in [1.82, 2.24) is 0 Å². The summed E-state index contributed by atoms with van der Waals surface area (Å²) in [5.74, 6) is 0.483. The first-order chi connectivity index (χ1) is 8.67. The predicted octanol–water partition coefficient (Wildman–Crippen LogP) is 4.23. The molecule has 18 heavy (non-hydrogen) atoms. The van der Waals surface area contributed by atoms with E-state index in [1.807, 2.05) is 30.3 Å². The lowest BCUT2D eigenvalue weighted by atomic mass is 10.1.